The van der Waals surface area contributed by atoms with Crippen molar-refractivity contribution in [2.24, 2.45) is 5.92 Å². The lowest BCUT2D eigenvalue weighted by atomic mass is 9.67. The third-order valence-corrected chi connectivity index (χ3v) is 7.25. The van der Waals surface area contributed by atoms with Crippen molar-refractivity contribution in [1.29, 1.82) is 0 Å². The van der Waals surface area contributed by atoms with Gasteiger partial charge >= 0.3 is 6.01 Å². The molecule has 0 radical (unpaired) electrons. The Hall–Kier alpha value is -2.43. The minimum atomic E-state index is -0.00902. The van der Waals surface area contributed by atoms with Gasteiger partial charge < -0.3 is 9.64 Å². The van der Waals surface area contributed by atoms with Crippen LogP contribution in [-0.4, -0.2) is 29.0 Å². The fourth-order valence-electron chi connectivity index (χ4n) is 5.46. The van der Waals surface area contributed by atoms with E-state index in [4.69, 9.17) is 9.72 Å². The lowest BCUT2D eigenvalue weighted by molar-refractivity contribution is -0.117. The number of aromatic nitrogens is 2. The van der Waals surface area contributed by atoms with Gasteiger partial charge in [0.05, 0.1) is 12.8 Å². The van der Waals surface area contributed by atoms with Crippen LogP contribution in [0.15, 0.2) is 30.5 Å². The highest BCUT2D eigenvalue weighted by molar-refractivity contribution is 5.94. The third-order valence-electron chi connectivity index (χ3n) is 7.25. The standard InChI is InChI=1S/C25H33N3O2/c1-6-7-8-19-9-10-21-20(15-19)23(16(2)17(3)28(21)18(4)29)25(12-13-25)22-11-14-26-24(27-22)30-5/h9-11,14-17,23H,6-8,12-13H2,1-5H3/t16?,17-,23+/m0/s1. The molecule has 1 saturated carbocycles. The van der Waals surface area contributed by atoms with Gasteiger partial charge in [-0.25, -0.2) is 4.98 Å². The average Bonchev–Trinajstić information content (AvgIpc) is 3.54. The number of unbranched alkanes of at least 4 members (excludes halogenated alkanes) is 1. The first-order valence-corrected chi connectivity index (χ1v) is 11.2. The molecule has 3 atom stereocenters. The number of anilines is 1. The second kappa shape index (κ2) is 8.01. The number of carbonyl (C=O) groups is 1. The maximum absolute atomic E-state index is 12.6. The molecule has 1 aromatic carbocycles. The number of hydrogen-bond donors (Lipinski definition) is 0. The lowest BCUT2D eigenvalue weighted by Crippen LogP contribution is -2.49. The minimum absolute atomic E-state index is 0.00902. The third kappa shape index (κ3) is 3.38. The van der Waals surface area contributed by atoms with Crippen LogP contribution in [0.25, 0.3) is 0 Å². The van der Waals surface area contributed by atoms with Gasteiger partial charge in [0.25, 0.3) is 0 Å². The Balaban J connectivity index is 1.85. The van der Waals surface area contributed by atoms with Crippen LogP contribution in [0.2, 0.25) is 0 Å². The molecule has 5 nitrogen and oxygen atoms in total. The molecule has 1 aliphatic heterocycles. The molecule has 4 rings (SSSR count). The van der Waals surface area contributed by atoms with Gasteiger partial charge in [-0.05, 0) is 61.8 Å². The number of benzene rings is 1. The Morgan fingerprint density at radius 3 is 2.67 bits per heavy atom. The van der Waals surface area contributed by atoms with E-state index in [1.165, 1.54) is 24.0 Å². The Labute approximate surface area is 179 Å². The van der Waals surface area contributed by atoms with Gasteiger partial charge in [0.2, 0.25) is 5.91 Å². The Morgan fingerprint density at radius 2 is 2.03 bits per heavy atom. The molecule has 0 N–H and O–H groups in total. The molecule has 1 aromatic heterocycles. The van der Waals surface area contributed by atoms with Crippen LogP contribution < -0.4 is 9.64 Å². The SMILES string of the molecule is CCCCc1ccc2c(c1)[C@H](C1(c3ccnc(OC)n3)CC1)C(C)[C@H](C)N2C(C)=O. The zero-order valence-corrected chi connectivity index (χ0v) is 18.8. The van der Waals surface area contributed by atoms with E-state index in [1.54, 1.807) is 20.2 Å². The zero-order chi connectivity index (χ0) is 21.5. The minimum Gasteiger partial charge on any atom is -0.467 e. The molecule has 1 unspecified atom stereocenters. The van der Waals surface area contributed by atoms with Gasteiger partial charge in [-0.3, -0.25) is 4.79 Å². The highest BCUT2D eigenvalue weighted by Gasteiger charge is 2.57. The molecule has 160 valence electrons. The average molecular weight is 408 g/mol. The summed E-state index contributed by atoms with van der Waals surface area (Å²) in [6, 6.07) is 9.36. The highest BCUT2D eigenvalue weighted by Crippen LogP contribution is 2.63. The topological polar surface area (TPSA) is 55.3 Å². The summed E-state index contributed by atoms with van der Waals surface area (Å²) in [6.07, 6.45) is 7.45. The fraction of sp³-hybridized carbons (Fsp3) is 0.560. The fourth-order valence-corrected chi connectivity index (χ4v) is 5.46. The largest absolute Gasteiger partial charge is 0.467 e. The van der Waals surface area contributed by atoms with Crippen LogP contribution in [0.5, 0.6) is 6.01 Å². The molecule has 2 heterocycles. The Morgan fingerprint density at radius 1 is 1.27 bits per heavy atom. The Bertz CT molecular complexity index is 938. The molecular weight excluding hydrogens is 374 g/mol. The molecular formula is C25H33N3O2. The normalized spacial score (nSPS) is 24.3. The lowest BCUT2D eigenvalue weighted by Gasteiger charge is -2.46. The Kier molecular flexibility index (Phi) is 5.56. The number of nitrogens with zero attached hydrogens (tertiary/aromatic N) is 3. The second-order valence-electron chi connectivity index (χ2n) is 9.05. The van der Waals surface area contributed by atoms with Gasteiger partial charge in [-0.2, -0.15) is 4.98 Å². The number of amides is 1. The van der Waals surface area contributed by atoms with E-state index in [2.05, 4.69) is 44.0 Å². The number of hydrogen-bond acceptors (Lipinski definition) is 4. The van der Waals surface area contributed by atoms with E-state index < -0.39 is 0 Å². The van der Waals surface area contributed by atoms with Crippen molar-refractivity contribution in [3.8, 4) is 6.01 Å². The monoisotopic (exact) mass is 407 g/mol. The number of carbonyl (C=O) groups excluding carboxylic acids is 1. The quantitative estimate of drug-likeness (QED) is 0.674. The summed E-state index contributed by atoms with van der Waals surface area (Å²) in [4.78, 5) is 23.6. The van der Waals surface area contributed by atoms with E-state index in [9.17, 15) is 4.79 Å². The smallest absolute Gasteiger partial charge is 0.316 e. The number of aryl methyl sites for hydroxylation is 1. The molecule has 0 spiro atoms. The van der Waals surface area contributed by atoms with Crippen LogP contribution in [0.3, 0.4) is 0 Å². The first kappa shape index (κ1) is 20.8. The van der Waals surface area contributed by atoms with Crippen molar-refractivity contribution in [1.82, 2.24) is 9.97 Å². The van der Waals surface area contributed by atoms with E-state index in [0.717, 1.165) is 30.6 Å². The molecule has 0 bridgehead atoms. The molecule has 0 saturated heterocycles. The molecule has 1 aliphatic carbocycles. The van der Waals surface area contributed by atoms with E-state index in [0.29, 0.717) is 17.8 Å². The molecule has 1 fully saturated rings. The molecule has 1 amide bonds. The maximum atomic E-state index is 12.6. The summed E-state index contributed by atoms with van der Waals surface area (Å²) in [5, 5.41) is 0. The maximum Gasteiger partial charge on any atom is 0.316 e. The number of ether oxygens (including phenoxy) is 1. The summed E-state index contributed by atoms with van der Waals surface area (Å²) in [6.45, 7) is 8.39. The summed E-state index contributed by atoms with van der Waals surface area (Å²) in [5.41, 5.74) is 4.80. The molecule has 5 heteroatoms. The van der Waals surface area contributed by atoms with Crippen molar-refractivity contribution < 1.29 is 9.53 Å². The number of fused-ring (bicyclic) bond motifs is 1. The predicted molar refractivity (Wildman–Crippen MR) is 119 cm³/mol. The van der Waals surface area contributed by atoms with Gasteiger partial charge in [0.1, 0.15) is 0 Å². The van der Waals surface area contributed by atoms with Crippen molar-refractivity contribution in [3.05, 3.63) is 47.3 Å². The summed E-state index contributed by atoms with van der Waals surface area (Å²) < 4.78 is 5.32. The van der Waals surface area contributed by atoms with Crippen LogP contribution in [-0.2, 0) is 16.6 Å². The van der Waals surface area contributed by atoms with Gasteiger partial charge in [0, 0.05) is 36.2 Å². The van der Waals surface area contributed by atoms with Crippen molar-refractivity contribution in [2.75, 3.05) is 12.0 Å². The van der Waals surface area contributed by atoms with Crippen molar-refractivity contribution in [3.63, 3.8) is 0 Å². The van der Waals surface area contributed by atoms with Crippen molar-refractivity contribution in [2.45, 2.75) is 77.2 Å². The number of methoxy groups -OCH3 is 1. The van der Waals surface area contributed by atoms with E-state index >= 15 is 0 Å². The summed E-state index contributed by atoms with van der Waals surface area (Å²) >= 11 is 0. The van der Waals surface area contributed by atoms with Gasteiger partial charge in [-0.1, -0.05) is 32.4 Å². The summed E-state index contributed by atoms with van der Waals surface area (Å²) in [5.74, 6) is 0.759. The van der Waals surface area contributed by atoms with E-state index in [-0.39, 0.29) is 17.4 Å². The van der Waals surface area contributed by atoms with Gasteiger partial charge in [0.15, 0.2) is 0 Å². The highest BCUT2D eigenvalue weighted by atomic mass is 16.5. The first-order chi connectivity index (χ1) is 14.4. The van der Waals surface area contributed by atoms with Crippen molar-refractivity contribution >= 4 is 11.6 Å². The zero-order valence-electron chi connectivity index (χ0n) is 18.8. The number of rotatable bonds is 6. The van der Waals surface area contributed by atoms with E-state index in [1.807, 2.05) is 11.0 Å². The van der Waals surface area contributed by atoms with Gasteiger partial charge in [-0.15, -0.1) is 0 Å². The van der Waals surface area contributed by atoms with Crippen LogP contribution >= 0.6 is 0 Å². The molecule has 2 aliphatic rings. The van der Waals surface area contributed by atoms with Crippen LogP contribution in [0.1, 0.15) is 76.1 Å². The molecule has 2 aromatic rings. The predicted octanol–water partition coefficient (Wildman–Crippen LogP) is 5.03. The first-order valence-electron chi connectivity index (χ1n) is 11.2. The second-order valence-corrected chi connectivity index (χ2v) is 9.05. The summed E-state index contributed by atoms with van der Waals surface area (Å²) in [7, 11) is 1.62. The molecule has 30 heavy (non-hydrogen) atoms. The van der Waals surface area contributed by atoms with Crippen LogP contribution in [0, 0.1) is 5.92 Å². The van der Waals surface area contributed by atoms with Crippen LogP contribution in [0.4, 0.5) is 5.69 Å².